The molecule has 0 aromatic carbocycles. The number of nitrogens with zero attached hydrogens (tertiary/aromatic N) is 2. The van der Waals surface area contributed by atoms with Crippen LogP contribution < -0.4 is 11.1 Å². The first-order valence-electron chi connectivity index (χ1n) is 6.37. The van der Waals surface area contributed by atoms with Crippen LogP contribution in [0, 0.1) is 5.92 Å². The summed E-state index contributed by atoms with van der Waals surface area (Å²) in [6.45, 7) is 3.70. The maximum absolute atomic E-state index is 12.1. The van der Waals surface area contributed by atoms with E-state index in [9.17, 15) is 4.79 Å². The molecule has 18 heavy (non-hydrogen) atoms. The minimum atomic E-state index is 0.0743. The Bertz CT molecular complexity index is 458. The highest BCUT2D eigenvalue weighted by Crippen LogP contribution is 2.26. The first kappa shape index (κ1) is 12.7. The van der Waals surface area contributed by atoms with E-state index in [4.69, 9.17) is 5.73 Å². The molecular formula is C13H20N4O. The molecule has 2 rings (SSSR count). The van der Waals surface area contributed by atoms with Gasteiger partial charge in [0.15, 0.2) is 0 Å². The molecule has 1 aliphatic rings. The lowest BCUT2D eigenvalue weighted by atomic mass is 9.88. The van der Waals surface area contributed by atoms with E-state index in [1.54, 1.807) is 17.9 Å². The van der Waals surface area contributed by atoms with Crippen LogP contribution in [0.3, 0.4) is 0 Å². The molecule has 0 unspecified atom stereocenters. The van der Waals surface area contributed by atoms with Gasteiger partial charge in [0, 0.05) is 13.0 Å². The average molecular weight is 248 g/mol. The summed E-state index contributed by atoms with van der Waals surface area (Å²) in [4.78, 5) is 12.1. The molecule has 1 amide bonds. The monoisotopic (exact) mass is 248 g/mol. The molecule has 0 saturated heterocycles. The Morgan fingerprint density at radius 2 is 2.17 bits per heavy atom. The number of hydrogen-bond acceptors (Lipinski definition) is 3. The molecule has 1 aromatic rings. The number of carbonyl (C=O) groups is 1. The summed E-state index contributed by atoms with van der Waals surface area (Å²) in [5, 5.41) is 7.02. The van der Waals surface area contributed by atoms with Crippen LogP contribution in [0.5, 0.6) is 0 Å². The van der Waals surface area contributed by atoms with Crippen LogP contribution in [0.4, 0.5) is 5.69 Å². The number of rotatable bonds is 3. The van der Waals surface area contributed by atoms with E-state index in [0.29, 0.717) is 17.1 Å². The molecule has 1 heterocycles. The van der Waals surface area contributed by atoms with Gasteiger partial charge in [-0.3, -0.25) is 9.48 Å². The quantitative estimate of drug-likeness (QED) is 0.857. The van der Waals surface area contributed by atoms with Gasteiger partial charge in [-0.2, -0.15) is 5.10 Å². The van der Waals surface area contributed by atoms with Crippen LogP contribution in [0.15, 0.2) is 12.8 Å². The van der Waals surface area contributed by atoms with Crippen molar-refractivity contribution in [1.29, 1.82) is 0 Å². The third-order valence-corrected chi connectivity index (χ3v) is 3.48. The van der Waals surface area contributed by atoms with Gasteiger partial charge in [0.1, 0.15) is 5.69 Å². The van der Waals surface area contributed by atoms with Gasteiger partial charge in [-0.1, -0.05) is 25.8 Å². The number of aryl methyl sites for hydroxylation is 1. The lowest BCUT2D eigenvalue weighted by molar-refractivity contribution is -0.120. The summed E-state index contributed by atoms with van der Waals surface area (Å²) >= 11 is 0. The van der Waals surface area contributed by atoms with Crippen molar-refractivity contribution < 1.29 is 4.79 Å². The topological polar surface area (TPSA) is 72.9 Å². The second kappa shape index (κ2) is 5.25. The van der Waals surface area contributed by atoms with Crippen molar-refractivity contribution in [2.24, 2.45) is 18.7 Å². The van der Waals surface area contributed by atoms with Crippen LogP contribution >= 0.6 is 0 Å². The highest BCUT2D eigenvalue weighted by atomic mass is 16.1. The predicted octanol–water partition coefficient (Wildman–Crippen LogP) is 1.87. The van der Waals surface area contributed by atoms with Crippen molar-refractivity contribution in [3.63, 3.8) is 0 Å². The highest BCUT2D eigenvalue weighted by molar-refractivity contribution is 5.94. The predicted molar refractivity (Wildman–Crippen MR) is 71.6 cm³/mol. The summed E-state index contributed by atoms with van der Waals surface area (Å²) in [6.07, 6.45) is 7.09. The first-order valence-corrected chi connectivity index (χ1v) is 6.37. The van der Waals surface area contributed by atoms with Crippen molar-refractivity contribution in [2.45, 2.75) is 32.1 Å². The molecule has 0 spiro atoms. The third-order valence-electron chi connectivity index (χ3n) is 3.48. The summed E-state index contributed by atoms with van der Waals surface area (Å²) in [5.41, 5.74) is 7.45. The Kier molecular flexibility index (Phi) is 3.69. The van der Waals surface area contributed by atoms with Gasteiger partial charge in [0.05, 0.1) is 17.6 Å². The molecule has 0 bridgehead atoms. The average Bonchev–Trinajstić information content (AvgIpc) is 2.71. The summed E-state index contributed by atoms with van der Waals surface area (Å²) in [7, 11) is 1.78. The van der Waals surface area contributed by atoms with Gasteiger partial charge in [-0.15, -0.1) is 0 Å². The molecule has 0 atom stereocenters. The molecule has 1 fully saturated rings. The lowest BCUT2D eigenvalue weighted by Gasteiger charge is -2.20. The number of aromatic nitrogens is 2. The normalized spacial score (nSPS) is 16.5. The Hall–Kier alpha value is -1.78. The third kappa shape index (κ3) is 2.55. The molecule has 1 saturated carbocycles. The van der Waals surface area contributed by atoms with Crippen molar-refractivity contribution >= 4 is 17.3 Å². The molecule has 98 valence electrons. The number of hydrogen-bond donors (Lipinski definition) is 2. The maximum atomic E-state index is 12.1. The summed E-state index contributed by atoms with van der Waals surface area (Å²) in [5.74, 6) is 0.197. The maximum Gasteiger partial charge on any atom is 0.227 e. The van der Waals surface area contributed by atoms with Crippen LogP contribution in [0.2, 0.25) is 0 Å². The van der Waals surface area contributed by atoms with Gasteiger partial charge in [0.25, 0.3) is 0 Å². The van der Waals surface area contributed by atoms with Crippen LogP contribution in [-0.2, 0) is 11.8 Å². The number of amides is 1. The van der Waals surface area contributed by atoms with Crippen LogP contribution in [-0.4, -0.2) is 15.7 Å². The fraction of sp³-hybridized carbons (Fsp3) is 0.538. The Labute approximate surface area is 107 Å². The van der Waals surface area contributed by atoms with E-state index in [1.165, 1.54) is 6.42 Å². The van der Waals surface area contributed by atoms with E-state index < -0.39 is 0 Å². The number of nitrogens with two attached hydrogens (primary N) is 1. The molecule has 1 aliphatic carbocycles. The van der Waals surface area contributed by atoms with E-state index in [2.05, 4.69) is 17.0 Å². The molecule has 0 aliphatic heterocycles. The van der Waals surface area contributed by atoms with Gasteiger partial charge in [-0.25, -0.2) is 0 Å². The molecule has 1 aromatic heterocycles. The Morgan fingerprint density at radius 3 is 2.78 bits per heavy atom. The van der Waals surface area contributed by atoms with Crippen molar-refractivity contribution in [3.05, 3.63) is 18.5 Å². The molecule has 3 N–H and O–H groups in total. The van der Waals surface area contributed by atoms with Crippen molar-refractivity contribution in [1.82, 2.24) is 9.78 Å². The van der Waals surface area contributed by atoms with Gasteiger partial charge < -0.3 is 11.1 Å². The molecular weight excluding hydrogens is 228 g/mol. The molecule has 5 nitrogen and oxygen atoms in total. The number of carbonyl (C=O) groups excluding carboxylic acids is 1. The summed E-state index contributed by atoms with van der Waals surface area (Å²) in [6, 6.07) is 0. The number of nitrogens with one attached hydrogen (secondary N) is 1. The Balaban J connectivity index is 2.09. The largest absolute Gasteiger partial charge is 0.397 e. The highest BCUT2D eigenvalue weighted by Gasteiger charge is 2.22. The SMILES string of the molecule is C=C(N)c1c(NC(=O)C2CCCCC2)cnn1C. The smallest absolute Gasteiger partial charge is 0.227 e. The van der Waals surface area contributed by atoms with Gasteiger partial charge >= 0.3 is 0 Å². The zero-order valence-corrected chi connectivity index (χ0v) is 10.8. The molecule has 5 heteroatoms. The molecule has 0 radical (unpaired) electrons. The van der Waals surface area contributed by atoms with E-state index in [0.717, 1.165) is 25.7 Å². The van der Waals surface area contributed by atoms with Gasteiger partial charge in [-0.05, 0) is 12.8 Å². The standard InChI is InChI=1S/C13H20N4O/c1-9(14)12-11(8-15-17(12)2)16-13(18)10-6-4-3-5-7-10/h8,10H,1,3-7,14H2,2H3,(H,16,18). The van der Waals surface area contributed by atoms with Crippen LogP contribution in [0.1, 0.15) is 37.8 Å². The van der Waals surface area contributed by atoms with E-state index in [1.807, 2.05) is 0 Å². The van der Waals surface area contributed by atoms with E-state index in [-0.39, 0.29) is 11.8 Å². The Morgan fingerprint density at radius 1 is 1.50 bits per heavy atom. The van der Waals surface area contributed by atoms with Gasteiger partial charge in [0.2, 0.25) is 5.91 Å². The minimum Gasteiger partial charge on any atom is -0.397 e. The summed E-state index contributed by atoms with van der Waals surface area (Å²) < 4.78 is 1.62. The second-order valence-corrected chi connectivity index (χ2v) is 4.88. The second-order valence-electron chi connectivity index (χ2n) is 4.88. The zero-order valence-electron chi connectivity index (χ0n) is 10.8. The first-order chi connectivity index (χ1) is 8.59. The fourth-order valence-corrected chi connectivity index (χ4v) is 2.51. The minimum absolute atomic E-state index is 0.0743. The lowest BCUT2D eigenvalue weighted by Crippen LogP contribution is -2.25. The van der Waals surface area contributed by atoms with E-state index >= 15 is 0 Å². The van der Waals surface area contributed by atoms with Crippen molar-refractivity contribution in [2.75, 3.05) is 5.32 Å². The number of anilines is 1. The fourth-order valence-electron chi connectivity index (χ4n) is 2.51. The van der Waals surface area contributed by atoms with Crippen LogP contribution in [0.25, 0.3) is 5.70 Å². The van der Waals surface area contributed by atoms with Crippen molar-refractivity contribution in [3.8, 4) is 0 Å². The zero-order chi connectivity index (χ0) is 13.1.